The van der Waals surface area contributed by atoms with Crippen LogP contribution in [0.3, 0.4) is 0 Å². The summed E-state index contributed by atoms with van der Waals surface area (Å²) in [4.78, 5) is 4.24. The van der Waals surface area contributed by atoms with E-state index >= 15 is 0 Å². The quantitative estimate of drug-likeness (QED) is 0.802. The second kappa shape index (κ2) is 6.51. The van der Waals surface area contributed by atoms with Crippen LogP contribution in [0, 0.1) is 0 Å². The minimum absolute atomic E-state index is 0.00247. The topological polar surface area (TPSA) is 54.6 Å². The van der Waals surface area contributed by atoms with Gasteiger partial charge >= 0.3 is 12.1 Å². The Morgan fingerprint density at radius 1 is 1.15 bits per heavy atom. The third-order valence-electron chi connectivity index (χ3n) is 3.14. The summed E-state index contributed by atoms with van der Waals surface area (Å²) in [6, 6.07) is 0. The molecule has 0 unspecified atom stereocenters. The van der Waals surface area contributed by atoms with Gasteiger partial charge in [-0.1, -0.05) is 0 Å². The Hall–Kier alpha value is -1.19. The normalized spacial score (nSPS) is 18.6. The molecule has 1 aromatic rings. The highest BCUT2D eigenvalue weighted by molar-refractivity contribution is 4.87. The molecule has 0 bridgehead atoms. The number of methoxy groups -OCH3 is 1. The number of ether oxygens (including phenoxy) is 1. The van der Waals surface area contributed by atoms with Crippen LogP contribution < -0.4 is 0 Å². The van der Waals surface area contributed by atoms with Crippen LogP contribution in [0.1, 0.15) is 11.8 Å². The molecule has 1 aliphatic heterocycles. The average molecular weight is 294 g/mol. The van der Waals surface area contributed by atoms with Crippen molar-refractivity contribution in [2.24, 2.45) is 0 Å². The molecule has 0 aliphatic carbocycles. The molecule has 1 aliphatic rings. The standard InChI is InChI=1S/C11H17F3N4O2/c1-19-7-6-17-2-4-18(5-3-17)8-9-15-16-10(20-9)11(12,13)14/h2-8H2,1H3. The molecule has 1 fully saturated rings. The van der Waals surface area contributed by atoms with Gasteiger partial charge in [0.25, 0.3) is 0 Å². The monoisotopic (exact) mass is 294 g/mol. The first-order valence-electron chi connectivity index (χ1n) is 6.32. The van der Waals surface area contributed by atoms with Gasteiger partial charge in [-0.2, -0.15) is 13.2 Å². The largest absolute Gasteiger partial charge is 0.470 e. The lowest BCUT2D eigenvalue weighted by atomic mass is 10.3. The van der Waals surface area contributed by atoms with Gasteiger partial charge in [0.1, 0.15) is 0 Å². The zero-order valence-electron chi connectivity index (χ0n) is 11.2. The summed E-state index contributed by atoms with van der Waals surface area (Å²) in [6.07, 6.45) is -4.58. The summed E-state index contributed by atoms with van der Waals surface area (Å²) >= 11 is 0. The Morgan fingerprint density at radius 2 is 1.80 bits per heavy atom. The number of hydrogen-bond donors (Lipinski definition) is 0. The average Bonchev–Trinajstić information content (AvgIpc) is 2.86. The molecule has 0 radical (unpaired) electrons. The number of aromatic nitrogens is 2. The maximum absolute atomic E-state index is 12.3. The summed E-state index contributed by atoms with van der Waals surface area (Å²) < 4.78 is 46.6. The predicted octanol–water partition coefficient (Wildman–Crippen LogP) is 0.852. The van der Waals surface area contributed by atoms with Gasteiger partial charge < -0.3 is 9.15 Å². The van der Waals surface area contributed by atoms with Crippen LogP contribution >= 0.6 is 0 Å². The molecule has 0 atom stereocenters. The van der Waals surface area contributed by atoms with Crippen LogP contribution in [0.5, 0.6) is 0 Å². The van der Waals surface area contributed by atoms with E-state index in [9.17, 15) is 13.2 Å². The predicted molar refractivity (Wildman–Crippen MR) is 62.9 cm³/mol. The minimum Gasteiger partial charge on any atom is -0.416 e. The lowest BCUT2D eigenvalue weighted by Crippen LogP contribution is -2.46. The van der Waals surface area contributed by atoms with Gasteiger partial charge in [0.15, 0.2) is 0 Å². The molecule has 1 saturated heterocycles. The summed E-state index contributed by atoms with van der Waals surface area (Å²) in [6.45, 7) is 5.01. The number of piperazine rings is 1. The molecule has 0 aromatic carbocycles. The summed E-state index contributed by atoms with van der Waals surface area (Å²) in [5, 5.41) is 6.45. The Kier molecular flexibility index (Phi) is 4.95. The van der Waals surface area contributed by atoms with Crippen molar-refractivity contribution in [2.75, 3.05) is 46.4 Å². The first-order valence-corrected chi connectivity index (χ1v) is 6.32. The van der Waals surface area contributed by atoms with Gasteiger partial charge in [0.2, 0.25) is 5.89 Å². The molecule has 2 heterocycles. The zero-order chi connectivity index (χ0) is 14.6. The third-order valence-corrected chi connectivity index (χ3v) is 3.14. The van der Waals surface area contributed by atoms with E-state index in [-0.39, 0.29) is 12.4 Å². The number of alkyl halides is 3. The van der Waals surface area contributed by atoms with Gasteiger partial charge in [-0.25, -0.2) is 0 Å². The van der Waals surface area contributed by atoms with Gasteiger partial charge in [-0.3, -0.25) is 9.80 Å². The lowest BCUT2D eigenvalue weighted by Gasteiger charge is -2.33. The molecular formula is C11H17F3N4O2. The number of nitrogens with zero attached hydrogens (tertiary/aromatic N) is 4. The molecule has 9 heteroatoms. The van der Waals surface area contributed by atoms with E-state index in [4.69, 9.17) is 4.74 Å². The van der Waals surface area contributed by atoms with Crippen molar-refractivity contribution in [3.63, 3.8) is 0 Å². The fourth-order valence-corrected chi connectivity index (χ4v) is 2.01. The number of hydrogen-bond acceptors (Lipinski definition) is 6. The van der Waals surface area contributed by atoms with E-state index in [2.05, 4.69) is 19.5 Å². The zero-order valence-corrected chi connectivity index (χ0v) is 11.2. The van der Waals surface area contributed by atoms with Crippen LogP contribution in [0.4, 0.5) is 13.2 Å². The fraction of sp³-hybridized carbons (Fsp3) is 0.818. The fourth-order valence-electron chi connectivity index (χ4n) is 2.01. The van der Waals surface area contributed by atoms with E-state index in [0.717, 1.165) is 32.7 Å². The van der Waals surface area contributed by atoms with Crippen molar-refractivity contribution in [3.8, 4) is 0 Å². The molecular weight excluding hydrogens is 277 g/mol. The van der Waals surface area contributed by atoms with Crippen molar-refractivity contribution in [1.82, 2.24) is 20.0 Å². The van der Waals surface area contributed by atoms with E-state index in [1.165, 1.54) is 0 Å². The van der Waals surface area contributed by atoms with E-state index < -0.39 is 12.1 Å². The molecule has 0 saturated carbocycles. The van der Waals surface area contributed by atoms with Crippen LogP contribution in [0.25, 0.3) is 0 Å². The highest BCUT2D eigenvalue weighted by Crippen LogP contribution is 2.27. The van der Waals surface area contributed by atoms with Crippen LogP contribution in [-0.4, -0.2) is 66.4 Å². The van der Waals surface area contributed by atoms with Crippen molar-refractivity contribution in [2.45, 2.75) is 12.7 Å². The molecule has 6 nitrogen and oxygen atoms in total. The summed E-state index contributed by atoms with van der Waals surface area (Å²) in [7, 11) is 1.66. The van der Waals surface area contributed by atoms with E-state index in [0.29, 0.717) is 6.61 Å². The van der Waals surface area contributed by atoms with Crippen molar-refractivity contribution in [3.05, 3.63) is 11.8 Å². The smallest absolute Gasteiger partial charge is 0.416 e. The van der Waals surface area contributed by atoms with Gasteiger partial charge in [-0.05, 0) is 0 Å². The Bertz CT molecular complexity index is 416. The molecule has 114 valence electrons. The maximum Gasteiger partial charge on any atom is 0.470 e. The van der Waals surface area contributed by atoms with E-state index in [1.807, 2.05) is 4.90 Å². The maximum atomic E-state index is 12.3. The molecule has 20 heavy (non-hydrogen) atoms. The Labute approximate surface area is 114 Å². The second-order valence-electron chi connectivity index (χ2n) is 4.61. The highest BCUT2D eigenvalue weighted by atomic mass is 19.4. The molecule has 0 spiro atoms. The molecule has 1 aromatic heterocycles. The molecule has 0 N–H and O–H groups in total. The first kappa shape index (κ1) is 15.2. The minimum atomic E-state index is -4.58. The Morgan fingerprint density at radius 3 is 2.35 bits per heavy atom. The van der Waals surface area contributed by atoms with Gasteiger partial charge in [-0.15, -0.1) is 10.2 Å². The summed E-state index contributed by atoms with van der Waals surface area (Å²) in [5.74, 6) is -1.28. The summed E-state index contributed by atoms with van der Waals surface area (Å²) in [5.41, 5.74) is 0. The van der Waals surface area contributed by atoms with Crippen molar-refractivity contribution < 1.29 is 22.3 Å². The number of rotatable bonds is 5. The van der Waals surface area contributed by atoms with E-state index in [1.54, 1.807) is 7.11 Å². The van der Waals surface area contributed by atoms with Crippen molar-refractivity contribution in [1.29, 1.82) is 0 Å². The Balaban J connectivity index is 1.79. The second-order valence-corrected chi connectivity index (χ2v) is 4.61. The molecule has 0 amide bonds. The van der Waals surface area contributed by atoms with Crippen LogP contribution in [0.15, 0.2) is 4.42 Å². The number of halogens is 3. The van der Waals surface area contributed by atoms with Crippen LogP contribution in [-0.2, 0) is 17.5 Å². The first-order chi connectivity index (χ1) is 9.49. The molecule has 2 rings (SSSR count). The SMILES string of the molecule is COCCN1CCN(Cc2nnc(C(F)(F)F)o2)CC1. The third kappa shape index (κ3) is 4.15. The highest BCUT2D eigenvalue weighted by Gasteiger charge is 2.38. The van der Waals surface area contributed by atoms with Gasteiger partial charge in [0.05, 0.1) is 13.2 Å². The van der Waals surface area contributed by atoms with Crippen molar-refractivity contribution >= 4 is 0 Å². The van der Waals surface area contributed by atoms with Crippen LogP contribution in [0.2, 0.25) is 0 Å². The van der Waals surface area contributed by atoms with Gasteiger partial charge in [0, 0.05) is 39.8 Å². The lowest BCUT2D eigenvalue weighted by molar-refractivity contribution is -0.157.